The van der Waals surface area contributed by atoms with Crippen LogP contribution in [0.5, 0.6) is 0 Å². The summed E-state index contributed by atoms with van der Waals surface area (Å²) < 4.78 is 0. The Kier molecular flexibility index (Phi) is 2.24. The summed E-state index contributed by atoms with van der Waals surface area (Å²) in [5.74, 6) is 0.584. The monoisotopic (exact) mass is 162 g/mol. The Morgan fingerprint density at radius 1 is 1.42 bits per heavy atom. The minimum atomic E-state index is -0.174. The van der Waals surface area contributed by atoms with Gasteiger partial charge in [0.2, 0.25) is 0 Å². The molecule has 12 heavy (non-hydrogen) atoms. The van der Waals surface area contributed by atoms with E-state index in [1.807, 2.05) is 0 Å². The summed E-state index contributed by atoms with van der Waals surface area (Å²) in [7, 11) is 0. The summed E-state index contributed by atoms with van der Waals surface area (Å²) in [6.45, 7) is 8.80. The molecule has 62 valence electrons. The Balaban J connectivity index is 3.54. The first-order valence-corrected chi connectivity index (χ1v) is 3.55. The molecule has 1 aromatic heterocycles. The second-order valence-electron chi connectivity index (χ2n) is 2.36. The average Bonchev–Trinajstić information content (AvgIpc) is 2.03. The van der Waals surface area contributed by atoms with Gasteiger partial charge in [0.25, 0.3) is 5.56 Å². The van der Waals surface area contributed by atoms with Crippen molar-refractivity contribution in [3.63, 3.8) is 0 Å². The van der Waals surface area contributed by atoms with Crippen LogP contribution in [-0.2, 0) is 0 Å². The van der Waals surface area contributed by atoms with Crippen molar-refractivity contribution in [3.05, 3.63) is 40.6 Å². The molecule has 0 unspecified atom stereocenters. The molecular weight excluding hydrogens is 152 g/mol. The third-order valence-corrected chi connectivity index (χ3v) is 1.50. The molecule has 1 rings (SSSR count). The van der Waals surface area contributed by atoms with E-state index in [2.05, 4.69) is 23.1 Å². The largest absolute Gasteiger partial charge is 0.310 e. The SMILES string of the molecule is C=Cc1nc(C)[nH]c(=O)c1C=C. The highest BCUT2D eigenvalue weighted by Crippen LogP contribution is 2.02. The van der Waals surface area contributed by atoms with E-state index in [0.717, 1.165) is 0 Å². The molecule has 0 amide bonds. The van der Waals surface area contributed by atoms with Gasteiger partial charge in [-0.05, 0) is 13.0 Å². The van der Waals surface area contributed by atoms with Gasteiger partial charge < -0.3 is 4.98 Å². The number of rotatable bonds is 2. The van der Waals surface area contributed by atoms with E-state index < -0.39 is 0 Å². The minimum absolute atomic E-state index is 0.174. The second kappa shape index (κ2) is 3.17. The van der Waals surface area contributed by atoms with Gasteiger partial charge in [-0.3, -0.25) is 4.79 Å². The highest BCUT2D eigenvalue weighted by Gasteiger charge is 2.02. The Labute approximate surface area is 70.5 Å². The number of aromatic nitrogens is 2. The van der Waals surface area contributed by atoms with Crippen molar-refractivity contribution in [1.29, 1.82) is 0 Å². The van der Waals surface area contributed by atoms with Crippen LogP contribution in [0.2, 0.25) is 0 Å². The number of nitrogens with zero attached hydrogens (tertiary/aromatic N) is 1. The molecule has 1 aromatic rings. The van der Waals surface area contributed by atoms with Crippen LogP contribution in [0.3, 0.4) is 0 Å². The number of aromatic amines is 1. The van der Waals surface area contributed by atoms with Crippen LogP contribution in [-0.4, -0.2) is 9.97 Å². The van der Waals surface area contributed by atoms with E-state index in [4.69, 9.17) is 0 Å². The van der Waals surface area contributed by atoms with Crippen molar-refractivity contribution in [3.8, 4) is 0 Å². The lowest BCUT2D eigenvalue weighted by Crippen LogP contribution is -2.14. The van der Waals surface area contributed by atoms with Gasteiger partial charge in [0.15, 0.2) is 0 Å². The van der Waals surface area contributed by atoms with Crippen LogP contribution in [0, 0.1) is 6.92 Å². The Bertz CT molecular complexity index is 377. The number of aryl methyl sites for hydroxylation is 1. The first-order chi connectivity index (χ1) is 5.69. The maximum absolute atomic E-state index is 11.2. The van der Waals surface area contributed by atoms with E-state index >= 15 is 0 Å². The minimum Gasteiger partial charge on any atom is -0.310 e. The lowest BCUT2D eigenvalue weighted by atomic mass is 10.2. The summed E-state index contributed by atoms with van der Waals surface area (Å²) in [6.07, 6.45) is 3.02. The zero-order valence-electron chi connectivity index (χ0n) is 6.92. The molecule has 0 spiro atoms. The van der Waals surface area contributed by atoms with Gasteiger partial charge in [-0.25, -0.2) is 4.98 Å². The predicted molar refractivity (Wildman–Crippen MR) is 49.8 cm³/mol. The van der Waals surface area contributed by atoms with Gasteiger partial charge in [0.05, 0.1) is 11.3 Å². The fourth-order valence-electron chi connectivity index (χ4n) is 0.970. The summed E-state index contributed by atoms with van der Waals surface area (Å²) in [5.41, 5.74) is 0.870. The Morgan fingerprint density at radius 2 is 2.08 bits per heavy atom. The zero-order chi connectivity index (χ0) is 9.14. The third-order valence-electron chi connectivity index (χ3n) is 1.50. The molecule has 0 aliphatic rings. The van der Waals surface area contributed by atoms with Crippen molar-refractivity contribution in [1.82, 2.24) is 9.97 Å². The van der Waals surface area contributed by atoms with Crippen molar-refractivity contribution in [2.75, 3.05) is 0 Å². The Hall–Kier alpha value is -1.64. The molecular formula is C9H10N2O. The van der Waals surface area contributed by atoms with Gasteiger partial charge in [0.1, 0.15) is 5.82 Å². The number of hydrogen-bond donors (Lipinski definition) is 1. The molecule has 0 bridgehead atoms. The molecule has 0 saturated carbocycles. The molecule has 3 nitrogen and oxygen atoms in total. The molecule has 0 radical (unpaired) electrons. The first kappa shape index (κ1) is 8.46. The van der Waals surface area contributed by atoms with E-state index in [9.17, 15) is 4.79 Å². The van der Waals surface area contributed by atoms with Gasteiger partial charge in [-0.2, -0.15) is 0 Å². The standard InChI is InChI=1S/C9H10N2O/c1-4-7-8(5-2)10-6(3)11-9(7)12/h4-5H,1-2H2,3H3,(H,10,11,12). The average molecular weight is 162 g/mol. The molecule has 1 heterocycles. The zero-order valence-corrected chi connectivity index (χ0v) is 6.92. The van der Waals surface area contributed by atoms with E-state index in [1.54, 1.807) is 13.0 Å². The molecule has 0 aliphatic carbocycles. The summed E-state index contributed by atoms with van der Waals surface area (Å²) >= 11 is 0. The first-order valence-electron chi connectivity index (χ1n) is 3.55. The molecule has 1 N–H and O–H groups in total. The molecule has 0 fully saturated rings. The van der Waals surface area contributed by atoms with Crippen molar-refractivity contribution in [2.45, 2.75) is 6.92 Å². The number of nitrogens with one attached hydrogen (secondary N) is 1. The van der Waals surface area contributed by atoms with Gasteiger partial charge in [0, 0.05) is 0 Å². The lowest BCUT2D eigenvalue weighted by Gasteiger charge is -1.99. The maximum Gasteiger partial charge on any atom is 0.258 e. The van der Waals surface area contributed by atoms with E-state index in [1.165, 1.54) is 6.08 Å². The summed E-state index contributed by atoms with van der Waals surface area (Å²) in [6, 6.07) is 0. The van der Waals surface area contributed by atoms with Crippen molar-refractivity contribution >= 4 is 12.2 Å². The number of H-pyrrole nitrogens is 1. The van der Waals surface area contributed by atoms with Crippen LogP contribution in [0.4, 0.5) is 0 Å². The van der Waals surface area contributed by atoms with Crippen LogP contribution >= 0.6 is 0 Å². The van der Waals surface area contributed by atoms with Crippen LogP contribution in [0.25, 0.3) is 12.2 Å². The van der Waals surface area contributed by atoms with E-state index in [0.29, 0.717) is 17.1 Å². The smallest absolute Gasteiger partial charge is 0.258 e. The third kappa shape index (κ3) is 1.34. The molecule has 0 aliphatic heterocycles. The van der Waals surface area contributed by atoms with Crippen LogP contribution in [0.15, 0.2) is 18.0 Å². The van der Waals surface area contributed by atoms with E-state index in [-0.39, 0.29) is 5.56 Å². The molecule has 0 aromatic carbocycles. The van der Waals surface area contributed by atoms with Gasteiger partial charge >= 0.3 is 0 Å². The summed E-state index contributed by atoms with van der Waals surface area (Å²) in [5, 5.41) is 0. The lowest BCUT2D eigenvalue weighted by molar-refractivity contribution is 1.00. The predicted octanol–water partition coefficient (Wildman–Crippen LogP) is 1.36. The second-order valence-corrected chi connectivity index (χ2v) is 2.36. The Morgan fingerprint density at radius 3 is 2.58 bits per heavy atom. The molecule has 0 atom stereocenters. The van der Waals surface area contributed by atoms with Crippen LogP contribution < -0.4 is 5.56 Å². The quantitative estimate of drug-likeness (QED) is 0.713. The topological polar surface area (TPSA) is 45.8 Å². The van der Waals surface area contributed by atoms with Crippen molar-refractivity contribution < 1.29 is 0 Å². The van der Waals surface area contributed by atoms with Gasteiger partial charge in [-0.15, -0.1) is 0 Å². The highest BCUT2D eigenvalue weighted by atomic mass is 16.1. The number of hydrogen-bond acceptors (Lipinski definition) is 2. The van der Waals surface area contributed by atoms with Crippen molar-refractivity contribution in [2.24, 2.45) is 0 Å². The molecule has 3 heteroatoms. The fraction of sp³-hybridized carbons (Fsp3) is 0.111. The fourth-order valence-corrected chi connectivity index (χ4v) is 0.970. The normalized spacial score (nSPS) is 9.42. The van der Waals surface area contributed by atoms with Crippen LogP contribution in [0.1, 0.15) is 17.1 Å². The van der Waals surface area contributed by atoms with Gasteiger partial charge in [-0.1, -0.05) is 19.2 Å². The highest BCUT2D eigenvalue weighted by molar-refractivity contribution is 5.59. The maximum atomic E-state index is 11.2. The molecule has 0 saturated heterocycles. The summed E-state index contributed by atoms with van der Waals surface area (Å²) in [4.78, 5) is 17.9.